The minimum absolute atomic E-state index is 0.613. The molecule has 0 radical (unpaired) electrons. The van der Waals surface area contributed by atoms with E-state index in [1.165, 1.54) is 64.9 Å². The maximum absolute atomic E-state index is 5.31. The molecule has 0 amide bonds. The zero-order valence-electron chi connectivity index (χ0n) is 37.1. The van der Waals surface area contributed by atoms with Gasteiger partial charge in [0.05, 0.1) is 11.2 Å². The van der Waals surface area contributed by atoms with E-state index in [4.69, 9.17) is 15.0 Å². The second kappa shape index (κ2) is 16.7. The van der Waals surface area contributed by atoms with Gasteiger partial charge >= 0.3 is 0 Å². The van der Waals surface area contributed by atoms with Crippen molar-refractivity contribution in [3.63, 3.8) is 0 Å². The molecule has 12 aromatic rings. The Morgan fingerprint density at radius 2 is 0.750 bits per heavy atom. The van der Waals surface area contributed by atoms with Crippen LogP contribution < -0.4 is 0 Å². The lowest BCUT2D eigenvalue weighted by molar-refractivity contribution is 0.880. The van der Waals surface area contributed by atoms with Crippen molar-refractivity contribution < 1.29 is 0 Å². The molecule has 4 nitrogen and oxygen atoms in total. The van der Waals surface area contributed by atoms with Crippen molar-refractivity contribution in [1.29, 1.82) is 0 Å². The summed E-state index contributed by atoms with van der Waals surface area (Å²) in [6.07, 6.45) is 1.90. The van der Waals surface area contributed by atoms with Crippen molar-refractivity contribution in [3.05, 3.63) is 241 Å². The third kappa shape index (κ3) is 6.95. The number of nitrogens with zero attached hydrogens (tertiary/aromatic N) is 4. The number of para-hydroxylation sites is 1. The van der Waals surface area contributed by atoms with Gasteiger partial charge in [-0.05, 0) is 70.5 Å². The van der Waals surface area contributed by atoms with Gasteiger partial charge in [0.15, 0.2) is 17.5 Å². The molecule has 0 spiro atoms. The zero-order chi connectivity index (χ0) is 45.0. The maximum Gasteiger partial charge on any atom is 0.164 e. The van der Waals surface area contributed by atoms with Crippen molar-refractivity contribution >= 4 is 32.3 Å². The van der Waals surface area contributed by atoms with Gasteiger partial charge in [-0.2, -0.15) is 0 Å². The van der Waals surface area contributed by atoms with Crippen molar-refractivity contribution in [2.24, 2.45) is 0 Å². The molecule has 0 saturated heterocycles. The molecule has 5 heteroatoms. The highest BCUT2D eigenvalue weighted by atomic mass is 32.1. The van der Waals surface area contributed by atoms with Gasteiger partial charge < -0.3 is 4.57 Å². The molecule has 0 aliphatic heterocycles. The lowest BCUT2D eigenvalue weighted by Crippen LogP contribution is -2.09. The third-order valence-corrected chi connectivity index (χ3v) is 14.6. The number of thiophene rings is 1. The van der Waals surface area contributed by atoms with Crippen LogP contribution in [-0.2, 0) is 12.8 Å². The van der Waals surface area contributed by atoms with Gasteiger partial charge in [0.2, 0.25) is 0 Å². The number of rotatable bonds is 8. The highest BCUT2D eigenvalue weighted by Gasteiger charge is 2.31. The smallest absolute Gasteiger partial charge is 0.164 e. The van der Waals surface area contributed by atoms with Crippen LogP contribution in [0.5, 0.6) is 0 Å². The Kier molecular flexibility index (Phi) is 9.80. The Morgan fingerprint density at radius 3 is 1.28 bits per heavy atom. The number of aromatic nitrogens is 4. The summed E-state index contributed by atoms with van der Waals surface area (Å²) in [5.74, 6) is 1.87. The monoisotopic (exact) mass is 886 g/mol. The SMILES string of the molecule is c1ccc(-c2ccc(-c3cc(-c4nc(-c5ccccc5)nc(-c5ccccc5)n4)cc(-c4ccc(-c5ccccc5)cc4)c3-n3c4c(c5ccccc53)-c3c(sc5ccccc35)CC4)cc2)cc1. The van der Waals surface area contributed by atoms with Crippen molar-refractivity contribution in [2.75, 3.05) is 0 Å². The topological polar surface area (TPSA) is 43.6 Å². The summed E-state index contributed by atoms with van der Waals surface area (Å²) in [5, 5.41) is 2.60. The largest absolute Gasteiger partial charge is 0.312 e. The molecule has 0 N–H and O–H groups in total. The summed E-state index contributed by atoms with van der Waals surface area (Å²) in [4.78, 5) is 17.2. The molecule has 3 aromatic heterocycles. The minimum Gasteiger partial charge on any atom is -0.312 e. The van der Waals surface area contributed by atoms with Gasteiger partial charge in [-0.3, -0.25) is 0 Å². The van der Waals surface area contributed by atoms with Crippen LogP contribution in [0.4, 0.5) is 0 Å². The second-order valence-electron chi connectivity index (χ2n) is 17.4. The van der Waals surface area contributed by atoms with Crippen molar-refractivity contribution in [3.8, 4) is 95.5 Å². The Balaban J connectivity index is 1.13. The fourth-order valence-corrected chi connectivity index (χ4v) is 11.4. The van der Waals surface area contributed by atoms with E-state index < -0.39 is 0 Å². The first kappa shape index (κ1) is 39.8. The summed E-state index contributed by atoms with van der Waals surface area (Å²) in [5.41, 5.74) is 18.3. The van der Waals surface area contributed by atoms with Crippen LogP contribution in [-0.4, -0.2) is 19.5 Å². The van der Waals surface area contributed by atoms with Gasteiger partial charge in [0, 0.05) is 65.0 Å². The molecule has 9 aromatic carbocycles. The molecule has 13 rings (SSSR count). The highest BCUT2D eigenvalue weighted by Crippen LogP contribution is 2.51. The van der Waals surface area contributed by atoms with Gasteiger partial charge in [0.1, 0.15) is 0 Å². The van der Waals surface area contributed by atoms with Crippen LogP contribution in [0.2, 0.25) is 0 Å². The van der Waals surface area contributed by atoms with Gasteiger partial charge in [-0.1, -0.05) is 206 Å². The van der Waals surface area contributed by atoms with E-state index in [0.717, 1.165) is 57.5 Å². The van der Waals surface area contributed by atoms with E-state index in [1.54, 1.807) is 0 Å². The van der Waals surface area contributed by atoms with Gasteiger partial charge in [-0.15, -0.1) is 11.3 Å². The lowest BCUT2D eigenvalue weighted by Gasteiger charge is -2.24. The van der Waals surface area contributed by atoms with Gasteiger partial charge in [-0.25, -0.2) is 15.0 Å². The van der Waals surface area contributed by atoms with E-state index >= 15 is 0 Å². The first-order chi connectivity index (χ1) is 33.7. The average Bonchev–Trinajstić information content (AvgIpc) is 3.97. The molecular formula is C63H42N4S. The lowest BCUT2D eigenvalue weighted by atomic mass is 9.90. The number of fused-ring (bicyclic) bond motifs is 7. The second-order valence-corrected chi connectivity index (χ2v) is 18.6. The quantitative estimate of drug-likeness (QED) is 0.153. The Bertz CT molecular complexity index is 3640. The van der Waals surface area contributed by atoms with Crippen molar-refractivity contribution in [1.82, 2.24) is 19.5 Å². The summed E-state index contributed by atoms with van der Waals surface area (Å²) >= 11 is 1.95. The first-order valence-corrected chi connectivity index (χ1v) is 24.0. The molecule has 0 unspecified atom stereocenters. The van der Waals surface area contributed by atoms with Gasteiger partial charge in [0.25, 0.3) is 0 Å². The highest BCUT2D eigenvalue weighted by molar-refractivity contribution is 7.19. The molecule has 1 aliphatic carbocycles. The average molecular weight is 887 g/mol. The minimum atomic E-state index is 0.613. The molecule has 3 heterocycles. The first-order valence-electron chi connectivity index (χ1n) is 23.2. The summed E-state index contributed by atoms with van der Waals surface area (Å²) in [6.45, 7) is 0. The molecule has 0 saturated carbocycles. The Labute approximate surface area is 399 Å². The van der Waals surface area contributed by atoms with Crippen molar-refractivity contribution in [2.45, 2.75) is 12.8 Å². The number of hydrogen-bond acceptors (Lipinski definition) is 4. The van der Waals surface area contributed by atoms with Crippen LogP contribution in [0.3, 0.4) is 0 Å². The van der Waals surface area contributed by atoms with E-state index in [0.29, 0.717) is 17.5 Å². The third-order valence-electron chi connectivity index (χ3n) is 13.4. The predicted molar refractivity (Wildman–Crippen MR) is 283 cm³/mol. The molecular weight excluding hydrogens is 845 g/mol. The van der Waals surface area contributed by atoms with Crippen LogP contribution in [0.15, 0.2) is 231 Å². The molecule has 0 bridgehead atoms. The fourth-order valence-electron chi connectivity index (χ4n) is 10.2. The summed E-state index contributed by atoms with van der Waals surface area (Å²) in [7, 11) is 0. The molecule has 1 aliphatic rings. The molecule has 68 heavy (non-hydrogen) atoms. The number of aryl methyl sites for hydroxylation is 1. The number of hydrogen-bond donors (Lipinski definition) is 0. The molecule has 0 atom stereocenters. The maximum atomic E-state index is 5.31. The summed E-state index contributed by atoms with van der Waals surface area (Å²) in [6, 6.07) is 82.5. The number of benzene rings is 9. The van der Waals surface area contributed by atoms with Crippen LogP contribution in [0, 0.1) is 0 Å². The standard InChI is InChI=1S/C63H42N4S/c1-5-17-41(18-6-1)43-29-33-45(34-30-43)52-39-49(63-65-61(47-21-9-3-10-22-47)64-62(66-63)48-23-11-4-12-24-48)40-53(46-35-31-44(32-36-46)42-19-7-2-8-20-42)60(52)67-54-27-15-13-25-50(54)58-55(67)37-38-57-59(58)51-26-14-16-28-56(51)68-57/h1-36,39-40H,37-38H2. The van der Waals surface area contributed by atoms with Crippen LogP contribution >= 0.6 is 11.3 Å². The normalized spacial score (nSPS) is 12.0. The van der Waals surface area contributed by atoms with E-state index in [1.807, 2.05) is 47.7 Å². The molecule has 320 valence electrons. The molecule has 0 fully saturated rings. The van der Waals surface area contributed by atoms with Crippen LogP contribution in [0.25, 0.3) is 116 Å². The zero-order valence-corrected chi connectivity index (χ0v) is 37.9. The van der Waals surface area contributed by atoms with E-state index in [2.05, 4.69) is 199 Å². The summed E-state index contributed by atoms with van der Waals surface area (Å²) < 4.78 is 3.94. The Morgan fingerprint density at radius 1 is 0.338 bits per heavy atom. The predicted octanol–water partition coefficient (Wildman–Crippen LogP) is 16.5. The van der Waals surface area contributed by atoms with E-state index in [9.17, 15) is 0 Å². The fraction of sp³-hybridized carbons (Fsp3) is 0.0317. The van der Waals surface area contributed by atoms with E-state index in [-0.39, 0.29) is 0 Å². The Hall–Kier alpha value is -8.51. The van der Waals surface area contributed by atoms with Crippen LogP contribution in [0.1, 0.15) is 10.6 Å².